The maximum Gasteiger partial charge on any atom is 0.586 e. The van der Waals surface area contributed by atoms with Crippen LogP contribution in [0, 0.1) is 0 Å². The molecule has 0 heterocycles. The molecule has 1 aromatic carbocycles. The van der Waals surface area contributed by atoms with E-state index in [2.05, 4.69) is 15.6 Å². The molecule has 0 saturated carbocycles. The average molecular weight is 214 g/mol. The topological polar surface area (TPSA) is 44.8 Å². The maximum absolute atomic E-state index is 11.6. The minimum Gasteiger partial charge on any atom is -0.404 e. The van der Waals surface area contributed by atoms with Crippen LogP contribution >= 0.6 is 7.82 Å². The molecule has 0 fully saturated rings. The summed E-state index contributed by atoms with van der Waals surface area (Å²) >= 11 is 0. The second kappa shape index (κ2) is 4.84. The Balaban J connectivity index is 2.75. The summed E-state index contributed by atoms with van der Waals surface area (Å²) in [5, 5.41) is 0. The molecule has 1 unspecified atom stereocenters. The highest BCUT2D eigenvalue weighted by Gasteiger charge is 2.26. The number of rotatable bonds is 5. The van der Waals surface area contributed by atoms with E-state index >= 15 is 0 Å². The van der Waals surface area contributed by atoms with Crippen LogP contribution in [0.3, 0.4) is 0 Å². The van der Waals surface area contributed by atoms with Gasteiger partial charge in [-0.3, -0.25) is 4.52 Å². The lowest BCUT2D eigenvalue weighted by Crippen LogP contribution is -1.96. The molecular weight excluding hydrogens is 203 g/mol. The first-order valence-corrected chi connectivity index (χ1v) is 5.36. The van der Waals surface area contributed by atoms with Crippen molar-refractivity contribution in [3.8, 4) is 5.75 Å². The number of phosphoric acid groups is 1. The van der Waals surface area contributed by atoms with Crippen molar-refractivity contribution in [1.29, 1.82) is 0 Å². The predicted octanol–water partition coefficient (Wildman–Crippen LogP) is 2.98. The van der Waals surface area contributed by atoms with E-state index in [0.717, 1.165) is 6.26 Å². The van der Waals surface area contributed by atoms with Crippen LogP contribution in [-0.4, -0.2) is 7.11 Å². The third-order valence-corrected chi connectivity index (χ3v) is 2.68. The molecule has 0 radical (unpaired) electrons. The fourth-order valence-corrected chi connectivity index (χ4v) is 1.57. The van der Waals surface area contributed by atoms with Crippen LogP contribution in [0.5, 0.6) is 5.75 Å². The van der Waals surface area contributed by atoms with E-state index in [1.165, 1.54) is 7.11 Å². The van der Waals surface area contributed by atoms with Gasteiger partial charge in [-0.25, -0.2) is 4.57 Å². The van der Waals surface area contributed by atoms with Crippen molar-refractivity contribution >= 4 is 7.82 Å². The lowest BCUT2D eigenvalue weighted by Gasteiger charge is -2.14. The fraction of sp³-hybridized carbons (Fsp3) is 0.111. The molecule has 0 aliphatic rings. The van der Waals surface area contributed by atoms with Crippen LogP contribution in [-0.2, 0) is 13.6 Å². The number of benzene rings is 1. The second-order valence-electron chi connectivity index (χ2n) is 2.31. The number of hydrogen-bond donors (Lipinski definition) is 0. The van der Waals surface area contributed by atoms with Gasteiger partial charge in [0.1, 0.15) is 5.75 Å². The first kappa shape index (κ1) is 10.8. The molecule has 0 saturated heterocycles. The van der Waals surface area contributed by atoms with Gasteiger partial charge in [0.15, 0.2) is 0 Å². The molecule has 0 aliphatic heterocycles. The first-order valence-electron chi connectivity index (χ1n) is 3.90. The van der Waals surface area contributed by atoms with E-state index in [1.54, 1.807) is 24.3 Å². The zero-order valence-corrected chi connectivity index (χ0v) is 8.65. The van der Waals surface area contributed by atoms with Crippen LogP contribution in [0.1, 0.15) is 0 Å². The second-order valence-corrected chi connectivity index (χ2v) is 3.96. The Bertz CT molecular complexity index is 336. The van der Waals surface area contributed by atoms with E-state index in [-0.39, 0.29) is 0 Å². The van der Waals surface area contributed by atoms with Crippen molar-refractivity contribution in [3.63, 3.8) is 0 Å². The van der Waals surface area contributed by atoms with Gasteiger partial charge in [-0.2, -0.15) is 0 Å². The third kappa shape index (κ3) is 2.91. The number of hydrogen-bond acceptors (Lipinski definition) is 4. The van der Waals surface area contributed by atoms with Crippen molar-refractivity contribution in [2.24, 2.45) is 0 Å². The minimum absolute atomic E-state index is 0.416. The highest BCUT2D eigenvalue weighted by atomic mass is 31.2. The highest BCUT2D eigenvalue weighted by Crippen LogP contribution is 2.48. The number of para-hydroxylation sites is 1. The van der Waals surface area contributed by atoms with Crippen LogP contribution < -0.4 is 4.52 Å². The molecule has 0 aliphatic carbocycles. The molecule has 5 heteroatoms. The summed E-state index contributed by atoms with van der Waals surface area (Å²) in [5.74, 6) is 0.416. The Kier molecular flexibility index (Phi) is 3.74. The van der Waals surface area contributed by atoms with Crippen molar-refractivity contribution in [1.82, 2.24) is 0 Å². The summed E-state index contributed by atoms with van der Waals surface area (Å²) in [4.78, 5) is 0. The summed E-state index contributed by atoms with van der Waals surface area (Å²) in [6, 6.07) is 8.63. The lowest BCUT2D eigenvalue weighted by atomic mass is 10.3. The molecule has 4 nitrogen and oxygen atoms in total. The van der Waals surface area contributed by atoms with Crippen LogP contribution in [0.15, 0.2) is 43.2 Å². The summed E-state index contributed by atoms with van der Waals surface area (Å²) < 4.78 is 25.9. The van der Waals surface area contributed by atoms with E-state index in [4.69, 9.17) is 4.52 Å². The van der Waals surface area contributed by atoms with Gasteiger partial charge in [0.05, 0.1) is 6.26 Å². The monoisotopic (exact) mass is 214 g/mol. The molecule has 0 spiro atoms. The molecule has 14 heavy (non-hydrogen) atoms. The van der Waals surface area contributed by atoms with E-state index in [1.807, 2.05) is 6.07 Å². The molecule has 1 atom stereocenters. The molecule has 0 amide bonds. The molecule has 1 aromatic rings. The van der Waals surface area contributed by atoms with E-state index in [0.29, 0.717) is 5.75 Å². The van der Waals surface area contributed by atoms with Gasteiger partial charge in [-0.15, -0.1) is 0 Å². The lowest BCUT2D eigenvalue weighted by molar-refractivity contribution is 0.230. The van der Waals surface area contributed by atoms with Crippen molar-refractivity contribution in [3.05, 3.63) is 43.2 Å². The summed E-state index contributed by atoms with van der Waals surface area (Å²) in [6.07, 6.45) is 1.02. The van der Waals surface area contributed by atoms with Gasteiger partial charge >= 0.3 is 7.82 Å². The maximum atomic E-state index is 11.6. The van der Waals surface area contributed by atoms with E-state index < -0.39 is 7.82 Å². The molecular formula is C9H11O4P. The quantitative estimate of drug-likeness (QED) is 0.558. The van der Waals surface area contributed by atoms with Crippen molar-refractivity contribution < 1.29 is 18.1 Å². The van der Waals surface area contributed by atoms with Gasteiger partial charge in [-0.05, 0) is 12.1 Å². The molecule has 0 aromatic heterocycles. The van der Waals surface area contributed by atoms with Gasteiger partial charge < -0.3 is 9.05 Å². The summed E-state index contributed by atoms with van der Waals surface area (Å²) in [7, 11) is -2.30. The van der Waals surface area contributed by atoms with Crippen LogP contribution in [0.25, 0.3) is 0 Å². The molecule has 0 bridgehead atoms. The Morgan fingerprint density at radius 2 is 2.00 bits per heavy atom. The Hall–Kier alpha value is -1.25. The summed E-state index contributed by atoms with van der Waals surface area (Å²) in [5.41, 5.74) is 0. The smallest absolute Gasteiger partial charge is 0.404 e. The van der Waals surface area contributed by atoms with Gasteiger partial charge in [0.2, 0.25) is 0 Å². The van der Waals surface area contributed by atoms with Crippen LogP contribution in [0.2, 0.25) is 0 Å². The normalized spacial score (nSPS) is 14.1. The predicted molar refractivity (Wildman–Crippen MR) is 53.0 cm³/mol. The highest BCUT2D eigenvalue weighted by molar-refractivity contribution is 7.49. The molecule has 0 N–H and O–H groups in total. The van der Waals surface area contributed by atoms with E-state index in [9.17, 15) is 4.57 Å². The molecule has 76 valence electrons. The fourth-order valence-electron chi connectivity index (χ4n) is 0.804. The van der Waals surface area contributed by atoms with Gasteiger partial charge in [0, 0.05) is 7.11 Å². The standard InChI is InChI=1S/C9H11O4P/c1-3-12-14(10,11-2)13-9-7-5-4-6-8-9/h3-8H,1H2,2H3. The SMILES string of the molecule is C=COP(=O)(OC)Oc1ccccc1. The Morgan fingerprint density at radius 1 is 1.36 bits per heavy atom. The average Bonchev–Trinajstić information content (AvgIpc) is 2.20. The zero-order chi connectivity index (χ0) is 10.4. The van der Waals surface area contributed by atoms with Crippen molar-refractivity contribution in [2.75, 3.05) is 7.11 Å². The van der Waals surface area contributed by atoms with Crippen LogP contribution in [0.4, 0.5) is 0 Å². The molecule has 1 rings (SSSR count). The Labute approximate surface area is 82.7 Å². The largest absolute Gasteiger partial charge is 0.586 e. The summed E-state index contributed by atoms with van der Waals surface area (Å²) in [6.45, 7) is 3.28. The zero-order valence-electron chi connectivity index (χ0n) is 7.75. The first-order chi connectivity index (χ1) is 6.70. The minimum atomic E-state index is -3.54. The van der Waals surface area contributed by atoms with Gasteiger partial charge in [0.25, 0.3) is 0 Å². The third-order valence-electron chi connectivity index (χ3n) is 1.39. The Morgan fingerprint density at radius 3 is 2.50 bits per heavy atom. The number of phosphoric ester groups is 1. The van der Waals surface area contributed by atoms with Gasteiger partial charge in [-0.1, -0.05) is 24.8 Å². The van der Waals surface area contributed by atoms with Crippen molar-refractivity contribution in [2.45, 2.75) is 0 Å².